The molecule has 0 bridgehead atoms. The summed E-state index contributed by atoms with van der Waals surface area (Å²) >= 11 is 0. The quantitative estimate of drug-likeness (QED) is 0.228. The number of rotatable bonds is 6. The third-order valence-corrected chi connectivity index (χ3v) is 9.53. The highest BCUT2D eigenvalue weighted by atomic mass is 15.4. The summed E-state index contributed by atoms with van der Waals surface area (Å²) in [5, 5.41) is 0. The first-order valence-electron chi connectivity index (χ1n) is 15.9. The van der Waals surface area contributed by atoms with Crippen molar-refractivity contribution < 1.29 is 0 Å². The molecule has 224 valence electrons. The lowest BCUT2D eigenvalue weighted by Crippen LogP contribution is -2.26. The molecule has 0 spiro atoms. The first-order chi connectivity index (χ1) is 20.4. The molecular weight excluding hydrogens is 524 g/mol. The zero-order valence-corrected chi connectivity index (χ0v) is 27.8. The Morgan fingerprint density at radius 2 is 1.02 bits per heavy atom. The fourth-order valence-corrected chi connectivity index (χ4v) is 6.83. The lowest BCUT2D eigenvalue weighted by molar-refractivity contribution is 0.807. The van der Waals surface area contributed by atoms with Crippen molar-refractivity contribution in [1.82, 2.24) is 0 Å². The van der Waals surface area contributed by atoms with Gasteiger partial charge < -0.3 is 19.6 Å². The van der Waals surface area contributed by atoms with E-state index < -0.39 is 0 Å². The first-order valence-corrected chi connectivity index (χ1v) is 15.9. The molecule has 4 aromatic rings. The molecule has 0 saturated carbocycles. The van der Waals surface area contributed by atoms with Gasteiger partial charge >= 0.3 is 0 Å². The van der Waals surface area contributed by atoms with E-state index in [-0.39, 0.29) is 0 Å². The number of hydrogen-bond donors (Lipinski definition) is 0. The largest absolute Gasteiger partial charge is 0.355 e. The van der Waals surface area contributed by atoms with Gasteiger partial charge in [-0.1, -0.05) is 65.8 Å². The Hall–Kier alpha value is -3.92. The molecule has 43 heavy (non-hydrogen) atoms. The molecule has 0 aliphatic carbocycles. The molecule has 0 aromatic heterocycles. The Balaban J connectivity index is 1.62. The van der Waals surface area contributed by atoms with Crippen LogP contribution in [0.2, 0.25) is 0 Å². The van der Waals surface area contributed by atoms with Crippen LogP contribution < -0.4 is 19.6 Å². The lowest BCUT2D eigenvalue weighted by atomic mass is 9.81. The van der Waals surface area contributed by atoms with Gasteiger partial charge in [0.25, 0.3) is 0 Å². The van der Waals surface area contributed by atoms with Crippen molar-refractivity contribution in [2.45, 2.75) is 73.1 Å². The topological polar surface area (TPSA) is 13.0 Å². The number of benzene rings is 4. The zero-order chi connectivity index (χ0) is 30.7. The first kappa shape index (κ1) is 29.2. The van der Waals surface area contributed by atoms with E-state index in [1.165, 1.54) is 73.1 Å². The van der Waals surface area contributed by atoms with Crippen LogP contribution in [0.4, 0.5) is 34.1 Å². The average Bonchev–Trinajstić information content (AvgIpc) is 3.48. The van der Waals surface area contributed by atoms with Crippen LogP contribution in [-0.2, 0) is 0 Å². The van der Waals surface area contributed by atoms with E-state index in [1.54, 1.807) is 0 Å². The smallest absolute Gasteiger partial charge is 0.0950 e. The minimum atomic E-state index is 0.418. The van der Waals surface area contributed by atoms with Crippen LogP contribution in [0.3, 0.4) is 0 Å². The Morgan fingerprint density at radius 3 is 1.56 bits per heavy atom. The summed E-state index contributed by atoms with van der Waals surface area (Å²) in [6, 6.07) is 25.8. The summed E-state index contributed by atoms with van der Waals surface area (Å²) in [6.45, 7) is 20.1. The molecule has 0 N–H and O–H groups in total. The second kappa shape index (κ2) is 11.0. The number of aryl methyl sites for hydroxylation is 2. The van der Waals surface area contributed by atoms with E-state index in [0.29, 0.717) is 17.8 Å². The van der Waals surface area contributed by atoms with Crippen molar-refractivity contribution in [2.24, 2.45) is 0 Å². The third kappa shape index (κ3) is 5.05. The van der Waals surface area contributed by atoms with E-state index in [0.717, 1.165) is 13.3 Å². The van der Waals surface area contributed by atoms with E-state index in [2.05, 4.69) is 156 Å². The number of para-hydroxylation sites is 2. The zero-order valence-electron chi connectivity index (χ0n) is 27.8. The van der Waals surface area contributed by atoms with Gasteiger partial charge in [-0.05, 0) is 113 Å². The fraction of sp³-hybridized carbons (Fsp3) is 0.385. The molecule has 0 radical (unpaired) electrons. The van der Waals surface area contributed by atoms with Crippen LogP contribution in [0.15, 0.2) is 66.7 Å². The van der Waals surface area contributed by atoms with Gasteiger partial charge in [0, 0.05) is 25.5 Å². The molecule has 6 rings (SSSR count). The molecule has 0 atom stereocenters. The van der Waals surface area contributed by atoms with Crippen LogP contribution in [0.5, 0.6) is 0 Å². The van der Waals surface area contributed by atoms with Crippen molar-refractivity contribution in [3.63, 3.8) is 0 Å². The van der Waals surface area contributed by atoms with Crippen LogP contribution in [0.1, 0.15) is 87.1 Å². The number of anilines is 6. The monoisotopic (exact) mass is 572 g/mol. The third-order valence-electron chi connectivity index (χ3n) is 9.53. The molecule has 4 nitrogen and oxygen atoms in total. The van der Waals surface area contributed by atoms with Gasteiger partial charge in [0.2, 0.25) is 0 Å². The van der Waals surface area contributed by atoms with E-state index in [1.807, 2.05) is 0 Å². The molecule has 2 heterocycles. The maximum absolute atomic E-state index is 2.51. The maximum Gasteiger partial charge on any atom is 0.0950 e. The summed E-state index contributed by atoms with van der Waals surface area (Å²) < 4.78 is 0. The van der Waals surface area contributed by atoms with E-state index in [4.69, 9.17) is 0 Å². The van der Waals surface area contributed by atoms with E-state index in [9.17, 15) is 0 Å². The second-order valence-corrected chi connectivity index (χ2v) is 13.7. The fourth-order valence-electron chi connectivity index (χ4n) is 6.83. The summed E-state index contributed by atoms with van der Waals surface area (Å²) in [4.78, 5) is 9.72. The summed E-state index contributed by atoms with van der Waals surface area (Å²) in [5.41, 5.74) is 17.3. The van der Waals surface area contributed by atoms with Crippen LogP contribution in [-0.4, -0.2) is 27.4 Å². The number of hydrogen-bond acceptors (Lipinski definition) is 4. The molecule has 4 aromatic carbocycles. The highest BCUT2D eigenvalue weighted by Crippen LogP contribution is 2.48. The van der Waals surface area contributed by atoms with Crippen LogP contribution in [0, 0.1) is 13.8 Å². The maximum atomic E-state index is 2.51. The molecule has 0 saturated heterocycles. The van der Waals surface area contributed by atoms with Crippen molar-refractivity contribution >= 4 is 34.1 Å². The Morgan fingerprint density at radius 1 is 0.535 bits per heavy atom. The number of nitrogens with zero attached hydrogens (tertiary/aromatic N) is 4. The summed E-state index contributed by atoms with van der Waals surface area (Å²) in [5.74, 6) is 1.33. The highest BCUT2D eigenvalue weighted by molar-refractivity contribution is 5.90. The van der Waals surface area contributed by atoms with Gasteiger partial charge in [-0.3, -0.25) is 0 Å². The Labute approximate surface area is 259 Å². The lowest BCUT2D eigenvalue weighted by Gasteiger charge is -2.28. The molecular formula is C39H48N4. The van der Waals surface area contributed by atoms with Gasteiger partial charge in [-0.15, -0.1) is 0 Å². The van der Waals surface area contributed by atoms with Crippen LogP contribution >= 0.6 is 0 Å². The minimum Gasteiger partial charge on any atom is -0.355 e. The van der Waals surface area contributed by atoms with Gasteiger partial charge in [-0.2, -0.15) is 0 Å². The van der Waals surface area contributed by atoms with Gasteiger partial charge in [0.1, 0.15) is 0 Å². The predicted octanol–water partition coefficient (Wildman–Crippen LogP) is 10.4. The standard InChI is InChI=1S/C39H48N4/c1-24(2)29-19-33(25(3)4)39(34(20-29)26(5)6)30-17-31(42-22-40(9)35-13-11-12-14-36(35)42)21-32(18-30)43-23-41(10)37-15-27(7)28(8)16-38(37)43/h11-21,24-26H,22-23H2,1-10H3. The highest BCUT2D eigenvalue weighted by Gasteiger charge is 2.30. The molecule has 0 fully saturated rings. The van der Waals surface area contributed by atoms with Crippen molar-refractivity contribution in [1.29, 1.82) is 0 Å². The Kier molecular flexibility index (Phi) is 7.44. The minimum absolute atomic E-state index is 0.418. The van der Waals surface area contributed by atoms with Gasteiger partial charge in [0.05, 0.1) is 36.1 Å². The predicted molar refractivity (Wildman–Crippen MR) is 187 cm³/mol. The van der Waals surface area contributed by atoms with Crippen LogP contribution in [0.25, 0.3) is 11.1 Å². The Bertz CT molecular complexity index is 1650. The normalized spacial score (nSPS) is 14.5. The molecule has 2 aliphatic rings. The van der Waals surface area contributed by atoms with Gasteiger partial charge in [-0.25, -0.2) is 0 Å². The average molecular weight is 573 g/mol. The van der Waals surface area contributed by atoms with E-state index >= 15 is 0 Å². The van der Waals surface area contributed by atoms with Gasteiger partial charge in [0.15, 0.2) is 0 Å². The molecule has 0 amide bonds. The number of fused-ring (bicyclic) bond motifs is 2. The van der Waals surface area contributed by atoms with Crippen molar-refractivity contribution in [2.75, 3.05) is 47.0 Å². The molecule has 2 aliphatic heterocycles. The van der Waals surface area contributed by atoms with Crippen molar-refractivity contribution in [3.8, 4) is 11.1 Å². The second-order valence-electron chi connectivity index (χ2n) is 13.7. The summed E-state index contributed by atoms with van der Waals surface area (Å²) in [6.07, 6.45) is 0. The van der Waals surface area contributed by atoms with Crippen molar-refractivity contribution in [3.05, 3.63) is 94.5 Å². The SMILES string of the molecule is Cc1cc2c(cc1C)N(c1cc(-c3c(C(C)C)cc(C(C)C)cc3C(C)C)cc(N3CN(C)c4ccccc43)c1)CN2C. The molecule has 0 unspecified atom stereocenters. The molecule has 4 heteroatoms. The summed E-state index contributed by atoms with van der Waals surface area (Å²) in [7, 11) is 4.40.